The van der Waals surface area contributed by atoms with E-state index in [9.17, 15) is 4.79 Å². The third kappa shape index (κ3) is 3.28. The molecule has 2 aromatic rings. The molecule has 0 fully saturated rings. The molecule has 1 atom stereocenters. The molecule has 2 N–H and O–H groups in total. The zero-order valence-electron chi connectivity index (χ0n) is 10.9. The molecular weight excluding hydrogens is 240 g/mol. The van der Waals surface area contributed by atoms with Crippen molar-refractivity contribution in [3.8, 4) is 0 Å². The van der Waals surface area contributed by atoms with Crippen molar-refractivity contribution in [3.05, 3.63) is 53.7 Å². The minimum Gasteiger partial charge on any atom is -0.372 e. The third-order valence-corrected chi connectivity index (χ3v) is 2.80. The molecule has 0 saturated heterocycles. The molecule has 0 radical (unpaired) electrons. The maximum Gasteiger partial charge on any atom is 0.272 e. The molecule has 0 spiro atoms. The largest absolute Gasteiger partial charge is 0.372 e. The number of hydrogen-bond acceptors (Lipinski definition) is 4. The summed E-state index contributed by atoms with van der Waals surface area (Å²) in [7, 11) is 1.75. The number of carbonyl (C=O) groups is 1. The van der Waals surface area contributed by atoms with Crippen molar-refractivity contribution in [2.75, 3.05) is 12.4 Å². The Bertz CT molecular complexity index is 539. The molecule has 0 bridgehead atoms. The fourth-order valence-corrected chi connectivity index (χ4v) is 1.68. The monoisotopic (exact) mass is 256 g/mol. The van der Waals surface area contributed by atoms with E-state index in [0.717, 1.165) is 5.56 Å². The Morgan fingerprint density at radius 2 is 1.84 bits per heavy atom. The SMILES string of the molecule is CNc1ccc(C(=O)NC(C)c2ccccc2)nn1. The maximum absolute atomic E-state index is 12.0. The molecule has 0 aliphatic heterocycles. The first-order chi connectivity index (χ1) is 9.20. The average molecular weight is 256 g/mol. The Labute approximate surface area is 112 Å². The molecule has 1 amide bonds. The minimum absolute atomic E-state index is 0.0699. The second-order valence-corrected chi connectivity index (χ2v) is 4.16. The Balaban J connectivity index is 2.04. The van der Waals surface area contributed by atoms with Crippen LogP contribution in [0.25, 0.3) is 0 Å². The van der Waals surface area contributed by atoms with Gasteiger partial charge in [-0.2, -0.15) is 0 Å². The lowest BCUT2D eigenvalue weighted by Crippen LogP contribution is -2.27. The third-order valence-electron chi connectivity index (χ3n) is 2.80. The van der Waals surface area contributed by atoms with Crippen LogP contribution in [-0.2, 0) is 0 Å². The van der Waals surface area contributed by atoms with E-state index in [2.05, 4.69) is 20.8 Å². The summed E-state index contributed by atoms with van der Waals surface area (Å²) in [5.41, 5.74) is 1.36. The molecule has 0 aliphatic rings. The number of nitrogens with one attached hydrogen (secondary N) is 2. The zero-order valence-corrected chi connectivity index (χ0v) is 10.9. The van der Waals surface area contributed by atoms with Gasteiger partial charge < -0.3 is 10.6 Å². The van der Waals surface area contributed by atoms with Crippen LogP contribution in [0.4, 0.5) is 5.82 Å². The van der Waals surface area contributed by atoms with Crippen molar-refractivity contribution < 1.29 is 4.79 Å². The van der Waals surface area contributed by atoms with Crippen LogP contribution < -0.4 is 10.6 Å². The Morgan fingerprint density at radius 1 is 1.11 bits per heavy atom. The highest BCUT2D eigenvalue weighted by Gasteiger charge is 2.12. The second-order valence-electron chi connectivity index (χ2n) is 4.16. The summed E-state index contributed by atoms with van der Waals surface area (Å²) in [4.78, 5) is 12.0. The molecule has 5 nitrogen and oxygen atoms in total. The molecule has 2 rings (SSSR count). The number of hydrogen-bond donors (Lipinski definition) is 2. The number of rotatable bonds is 4. The molecule has 1 aromatic heterocycles. The first-order valence-corrected chi connectivity index (χ1v) is 6.08. The van der Waals surface area contributed by atoms with Gasteiger partial charge in [0.05, 0.1) is 6.04 Å². The van der Waals surface area contributed by atoms with Gasteiger partial charge in [-0.3, -0.25) is 4.79 Å². The summed E-state index contributed by atoms with van der Waals surface area (Å²) >= 11 is 0. The van der Waals surface area contributed by atoms with Crippen molar-refractivity contribution in [1.82, 2.24) is 15.5 Å². The molecule has 0 aliphatic carbocycles. The summed E-state index contributed by atoms with van der Waals surface area (Å²) < 4.78 is 0. The van der Waals surface area contributed by atoms with Crippen molar-refractivity contribution in [2.24, 2.45) is 0 Å². The van der Waals surface area contributed by atoms with Crippen LogP contribution in [0.15, 0.2) is 42.5 Å². The van der Waals surface area contributed by atoms with Crippen LogP contribution in [0, 0.1) is 0 Å². The minimum atomic E-state index is -0.230. The maximum atomic E-state index is 12.0. The van der Waals surface area contributed by atoms with Gasteiger partial charge in [0, 0.05) is 7.05 Å². The fraction of sp³-hybridized carbons (Fsp3) is 0.214. The molecule has 1 heterocycles. The van der Waals surface area contributed by atoms with Gasteiger partial charge in [-0.15, -0.1) is 10.2 Å². The predicted octanol–water partition coefficient (Wildman–Crippen LogP) is 2.01. The Kier molecular flexibility index (Phi) is 4.07. The average Bonchev–Trinajstić information content (AvgIpc) is 2.48. The Hall–Kier alpha value is -2.43. The summed E-state index contributed by atoms with van der Waals surface area (Å²) in [6.07, 6.45) is 0. The number of carbonyl (C=O) groups excluding carboxylic acids is 1. The summed E-state index contributed by atoms with van der Waals surface area (Å²) in [6.45, 7) is 1.93. The highest BCUT2D eigenvalue weighted by molar-refractivity contribution is 5.92. The lowest BCUT2D eigenvalue weighted by Gasteiger charge is -2.13. The lowest BCUT2D eigenvalue weighted by molar-refractivity contribution is 0.0934. The quantitative estimate of drug-likeness (QED) is 0.878. The first kappa shape index (κ1) is 13.0. The van der Waals surface area contributed by atoms with Crippen molar-refractivity contribution >= 4 is 11.7 Å². The van der Waals surface area contributed by atoms with Gasteiger partial charge in [0.2, 0.25) is 0 Å². The van der Waals surface area contributed by atoms with Gasteiger partial charge in [0.15, 0.2) is 5.69 Å². The predicted molar refractivity (Wildman–Crippen MR) is 73.9 cm³/mol. The second kappa shape index (κ2) is 5.95. The smallest absolute Gasteiger partial charge is 0.272 e. The molecule has 98 valence electrons. The Morgan fingerprint density at radius 3 is 2.42 bits per heavy atom. The van der Waals surface area contributed by atoms with Crippen LogP contribution in [0.3, 0.4) is 0 Å². The molecule has 0 saturated carbocycles. The van der Waals surface area contributed by atoms with Crippen LogP contribution in [0.1, 0.15) is 29.0 Å². The van der Waals surface area contributed by atoms with E-state index >= 15 is 0 Å². The fourth-order valence-electron chi connectivity index (χ4n) is 1.68. The van der Waals surface area contributed by atoms with E-state index in [4.69, 9.17) is 0 Å². The normalized spacial score (nSPS) is 11.7. The van der Waals surface area contributed by atoms with Crippen molar-refractivity contribution in [3.63, 3.8) is 0 Å². The number of nitrogens with zero attached hydrogens (tertiary/aromatic N) is 2. The molecule has 5 heteroatoms. The van der Waals surface area contributed by atoms with E-state index in [-0.39, 0.29) is 11.9 Å². The van der Waals surface area contributed by atoms with E-state index in [1.54, 1.807) is 19.2 Å². The van der Waals surface area contributed by atoms with Gasteiger partial charge in [-0.05, 0) is 24.6 Å². The number of benzene rings is 1. The van der Waals surface area contributed by atoms with Crippen LogP contribution in [-0.4, -0.2) is 23.2 Å². The summed E-state index contributed by atoms with van der Waals surface area (Å²) in [5.74, 6) is 0.402. The number of anilines is 1. The van der Waals surface area contributed by atoms with Gasteiger partial charge in [-0.1, -0.05) is 30.3 Å². The van der Waals surface area contributed by atoms with Gasteiger partial charge >= 0.3 is 0 Å². The molecule has 19 heavy (non-hydrogen) atoms. The highest BCUT2D eigenvalue weighted by Crippen LogP contribution is 2.12. The zero-order chi connectivity index (χ0) is 13.7. The number of amides is 1. The van der Waals surface area contributed by atoms with Crippen LogP contribution in [0.2, 0.25) is 0 Å². The standard InChI is InChI=1S/C14H16N4O/c1-10(11-6-4-3-5-7-11)16-14(19)12-8-9-13(15-2)18-17-12/h3-10H,1-2H3,(H,15,18)(H,16,19). The first-order valence-electron chi connectivity index (χ1n) is 6.08. The molecular formula is C14H16N4O. The summed E-state index contributed by atoms with van der Waals surface area (Å²) in [6, 6.07) is 13.1. The van der Waals surface area contributed by atoms with E-state index in [0.29, 0.717) is 11.5 Å². The molecule has 1 unspecified atom stereocenters. The van der Waals surface area contributed by atoms with E-state index in [1.807, 2.05) is 37.3 Å². The molecule has 1 aromatic carbocycles. The van der Waals surface area contributed by atoms with E-state index < -0.39 is 0 Å². The van der Waals surface area contributed by atoms with Gasteiger partial charge in [0.1, 0.15) is 5.82 Å². The summed E-state index contributed by atoms with van der Waals surface area (Å²) in [5, 5.41) is 13.5. The lowest BCUT2D eigenvalue weighted by atomic mass is 10.1. The highest BCUT2D eigenvalue weighted by atomic mass is 16.2. The van der Waals surface area contributed by atoms with Crippen LogP contribution >= 0.6 is 0 Å². The number of aromatic nitrogens is 2. The van der Waals surface area contributed by atoms with E-state index in [1.165, 1.54) is 0 Å². The van der Waals surface area contributed by atoms with Gasteiger partial charge in [0.25, 0.3) is 5.91 Å². The van der Waals surface area contributed by atoms with Crippen LogP contribution in [0.5, 0.6) is 0 Å². The van der Waals surface area contributed by atoms with Crippen molar-refractivity contribution in [2.45, 2.75) is 13.0 Å². The van der Waals surface area contributed by atoms with Gasteiger partial charge in [-0.25, -0.2) is 0 Å². The van der Waals surface area contributed by atoms with Crippen molar-refractivity contribution in [1.29, 1.82) is 0 Å². The topological polar surface area (TPSA) is 66.9 Å².